The van der Waals surface area contributed by atoms with Crippen LogP contribution in [0.25, 0.3) is 5.69 Å². The third-order valence-electron chi connectivity index (χ3n) is 4.21. The predicted molar refractivity (Wildman–Crippen MR) is 90.0 cm³/mol. The fourth-order valence-corrected chi connectivity index (χ4v) is 2.79. The molecule has 0 unspecified atom stereocenters. The molecule has 0 saturated carbocycles. The lowest BCUT2D eigenvalue weighted by molar-refractivity contribution is 0.0816. The SMILES string of the molecule is O=C(NCCCN1CCC(O)CC1)c1cnn(-c2ccccc2)n1. The van der Waals surface area contributed by atoms with E-state index in [1.54, 1.807) is 0 Å². The summed E-state index contributed by atoms with van der Waals surface area (Å²) in [7, 11) is 0. The molecule has 0 atom stereocenters. The Labute approximate surface area is 141 Å². The lowest BCUT2D eigenvalue weighted by Gasteiger charge is -2.29. The molecule has 3 rings (SSSR count). The number of benzene rings is 1. The minimum atomic E-state index is -0.203. The van der Waals surface area contributed by atoms with E-state index in [-0.39, 0.29) is 12.0 Å². The zero-order valence-electron chi connectivity index (χ0n) is 13.6. The number of nitrogens with one attached hydrogen (secondary N) is 1. The van der Waals surface area contributed by atoms with E-state index in [0.717, 1.165) is 44.6 Å². The second-order valence-corrected chi connectivity index (χ2v) is 6.04. The van der Waals surface area contributed by atoms with Gasteiger partial charge in [0, 0.05) is 19.6 Å². The predicted octanol–water partition coefficient (Wildman–Crippen LogP) is 0.844. The van der Waals surface area contributed by atoms with Gasteiger partial charge in [-0.2, -0.15) is 9.90 Å². The standard InChI is InChI=1S/C17H23N5O2/c23-15-7-11-21(12-8-15)10-4-9-18-17(24)16-13-19-22(20-16)14-5-2-1-3-6-14/h1-3,5-6,13,15,23H,4,7-12H2,(H,18,24). The highest BCUT2D eigenvalue weighted by molar-refractivity contribution is 5.91. The number of aliphatic hydroxyl groups excluding tert-OH is 1. The molecule has 1 saturated heterocycles. The highest BCUT2D eigenvalue weighted by atomic mass is 16.3. The molecule has 1 aromatic heterocycles. The Bertz CT molecular complexity index is 650. The summed E-state index contributed by atoms with van der Waals surface area (Å²) in [4.78, 5) is 15.9. The molecule has 2 aromatic rings. The summed E-state index contributed by atoms with van der Waals surface area (Å²) in [6, 6.07) is 9.49. The molecular formula is C17H23N5O2. The number of hydrogen-bond donors (Lipinski definition) is 2. The highest BCUT2D eigenvalue weighted by Crippen LogP contribution is 2.09. The summed E-state index contributed by atoms with van der Waals surface area (Å²) in [5, 5.41) is 20.7. The normalized spacial score (nSPS) is 16.2. The highest BCUT2D eigenvalue weighted by Gasteiger charge is 2.16. The summed E-state index contributed by atoms with van der Waals surface area (Å²) in [6.07, 6.45) is 3.90. The summed E-state index contributed by atoms with van der Waals surface area (Å²) in [5.74, 6) is -0.203. The van der Waals surface area contributed by atoms with Crippen LogP contribution in [0.1, 0.15) is 29.8 Å². The van der Waals surface area contributed by atoms with Gasteiger partial charge in [0.25, 0.3) is 5.91 Å². The summed E-state index contributed by atoms with van der Waals surface area (Å²) < 4.78 is 0. The molecule has 0 aliphatic carbocycles. The maximum Gasteiger partial charge on any atom is 0.273 e. The monoisotopic (exact) mass is 329 g/mol. The molecule has 0 bridgehead atoms. The van der Waals surface area contributed by atoms with Gasteiger partial charge in [0.05, 0.1) is 18.0 Å². The number of amides is 1. The van der Waals surface area contributed by atoms with Crippen molar-refractivity contribution in [3.8, 4) is 5.69 Å². The summed E-state index contributed by atoms with van der Waals surface area (Å²) in [6.45, 7) is 3.40. The molecule has 1 fully saturated rings. The van der Waals surface area contributed by atoms with Gasteiger partial charge in [0.1, 0.15) is 0 Å². The van der Waals surface area contributed by atoms with E-state index in [2.05, 4.69) is 20.4 Å². The van der Waals surface area contributed by atoms with Crippen LogP contribution in [0, 0.1) is 0 Å². The molecule has 128 valence electrons. The van der Waals surface area contributed by atoms with Gasteiger partial charge in [-0.05, 0) is 37.9 Å². The Kier molecular flexibility index (Phi) is 5.55. The Balaban J connectivity index is 1.42. The topological polar surface area (TPSA) is 83.3 Å². The number of piperidine rings is 1. The molecule has 0 radical (unpaired) electrons. The van der Waals surface area contributed by atoms with Crippen LogP contribution in [-0.4, -0.2) is 63.2 Å². The van der Waals surface area contributed by atoms with Crippen LogP contribution >= 0.6 is 0 Å². The average molecular weight is 329 g/mol. The number of likely N-dealkylation sites (tertiary alicyclic amines) is 1. The Morgan fingerprint density at radius 1 is 1.25 bits per heavy atom. The van der Waals surface area contributed by atoms with E-state index in [1.807, 2.05) is 30.3 Å². The quantitative estimate of drug-likeness (QED) is 0.768. The molecule has 2 N–H and O–H groups in total. The second-order valence-electron chi connectivity index (χ2n) is 6.04. The second kappa shape index (κ2) is 8.03. The van der Waals surface area contributed by atoms with Gasteiger partial charge >= 0.3 is 0 Å². The molecule has 7 heteroatoms. The van der Waals surface area contributed by atoms with Crippen LogP contribution in [-0.2, 0) is 0 Å². The zero-order chi connectivity index (χ0) is 16.8. The van der Waals surface area contributed by atoms with Crippen LogP contribution in [0.15, 0.2) is 36.5 Å². The third kappa shape index (κ3) is 4.39. The van der Waals surface area contributed by atoms with Crippen LogP contribution in [0.2, 0.25) is 0 Å². The lowest BCUT2D eigenvalue weighted by atomic mass is 10.1. The van der Waals surface area contributed by atoms with E-state index < -0.39 is 0 Å². The van der Waals surface area contributed by atoms with Crippen LogP contribution in [0.4, 0.5) is 0 Å². The largest absolute Gasteiger partial charge is 0.393 e. The van der Waals surface area contributed by atoms with E-state index in [4.69, 9.17) is 0 Å². The molecule has 1 aliphatic heterocycles. The van der Waals surface area contributed by atoms with E-state index >= 15 is 0 Å². The number of rotatable bonds is 6. The van der Waals surface area contributed by atoms with Crippen molar-refractivity contribution in [1.29, 1.82) is 0 Å². The number of carbonyl (C=O) groups excluding carboxylic acids is 1. The third-order valence-corrected chi connectivity index (χ3v) is 4.21. The van der Waals surface area contributed by atoms with Crippen molar-refractivity contribution >= 4 is 5.91 Å². The number of aromatic nitrogens is 3. The van der Waals surface area contributed by atoms with Gasteiger partial charge in [0.15, 0.2) is 5.69 Å². The van der Waals surface area contributed by atoms with Crippen LogP contribution in [0.5, 0.6) is 0 Å². The molecule has 24 heavy (non-hydrogen) atoms. The van der Waals surface area contributed by atoms with Crippen LogP contribution in [0.3, 0.4) is 0 Å². The molecule has 7 nitrogen and oxygen atoms in total. The summed E-state index contributed by atoms with van der Waals surface area (Å²) >= 11 is 0. The van der Waals surface area contributed by atoms with Gasteiger partial charge in [0.2, 0.25) is 0 Å². The van der Waals surface area contributed by atoms with Crippen molar-refractivity contribution in [1.82, 2.24) is 25.2 Å². The van der Waals surface area contributed by atoms with Crippen molar-refractivity contribution in [3.05, 3.63) is 42.2 Å². The van der Waals surface area contributed by atoms with Crippen molar-refractivity contribution in [2.24, 2.45) is 0 Å². The Morgan fingerprint density at radius 2 is 2.00 bits per heavy atom. The maximum atomic E-state index is 12.1. The van der Waals surface area contributed by atoms with Gasteiger partial charge in [-0.25, -0.2) is 0 Å². The van der Waals surface area contributed by atoms with Gasteiger partial charge in [-0.3, -0.25) is 4.79 Å². The molecule has 1 amide bonds. The number of nitrogens with zero attached hydrogens (tertiary/aromatic N) is 4. The fraction of sp³-hybridized carbons (Fsp3) is 0.471. The number of para-hydroxylation sites is 1. The van der Waals surface area contributed by atoms with E-state index in [0.29, 0.717) is 12.2 Å². The molecule has 0 spiro atoms. The first-order chi connectivity index (χ1) is 11.7. The number of carbonyl (C=O) groups is 1. The first-order valence-electron chi connectivity index (χ1n) is 8.39. The first-order valence-corrected chi connectivity index (χ1v) is 8.39. The van der Waals surface area contributed by atoms with Gasteiger partial charge < -0.3 is 15.3 Å². The molecule has 2 heterocycles. The van der Waals surface area contributed by atoms with Crippen LogP contribution < -0.4 is 5.32 Å². The molecular weight excluding hydrogens is 306 g/mol. The molecule has 1 aromatic carbocycles. The van der Waals surface area contributed by atoms with Gasteiger partial charge in [-0.1, -0.05) is 18.2 Å². The van der Waals surface area contributed by atoms with E-state index in [1.165, 1.54) is 11.0 Å². The minimum Gasteiger partial charge on any atom is -0.393 e. The molecule has 1 aliphatic rings. The lowest BCUT2D eigenvalue weighted by Crippen LogP contribution is -2.37. The van der Waals surface area contributed by atoms with Crippen molar-refractivity contribution in [2.75, 3.05) is 26.2 Å². The smallest absolute Gasteiger partial charge is 0.273 e. The number of hydrogen-bond acceptors (Lipinski definition) is 5. The summed E-state index contributed by atoms with van der Waals surface area (Å²) in [5.41, 5.74) is 1.14. The fourth-order valence-electron chi connectivity index (χ4n) is 2.79. The van der Waals surface area contributed by atoms with Gasteiger partial charge in [-0.15, -0.1) is 5.10 Å². The van der Waals surface area contributed by atoms with Crippen molar-refractivity contribution < 1.29 is 9.90 Å². The first kappa shape index (κ1) is 16.6. The number of aliphatic hydroxyl groups is 1. The maximum absolute atomic E-state index is 12.1. The van der Waals surface area contributed by atoms with Crippen molar-refractivity contribution in [2.45, 2.75) is 25.4 Å². The minimum absolute atomic E-state index is 0.145. The zero-order valence-corrected chi connectivity index (χ0v) is 13.6. The Morgan fingerprint density at radius 3 is 2.75 bits per heavy atom. The Hall–Kier alpha value is -2.25. The van der Waals surface area contributed by atoms with E-state index in [9.17, 15) is 9.90 Å². The van der Waals surface area contributed by atoms with Crippen molar-refractivity contribution in [3.63, 3.8) is 0 Å². The average Bonchev–Trinajstić information content (AvgIpc) is 3.11.